The molecule has 1 rings (SSSR count). The third-order valence-corrected chi connectivity index (χ3v) is 2.39. The Kier molecular flexibility index (Phi) is 9.03. The molecule has 2 nitrogen and oxygen atoms in total. The fourth-order valence-corrected chi connectivity index (χ4v) is 1.76. The summed E-state index contributed by atoms with van der Waals surface area (Å²) in [6.45, 7) is 12.0. The van der Waals surface area contributed by atoms with Crippen LogP contribution in [0.4, 0.5) is 0 Å². The molecule has 1 aliphatic rings. The molecule has 0 N–H and O–H groups in total. The van der Waals surface area contributed by atoms with Crippen LogP contribution in [0.25, 0.3) is 0 Å². The van der Waals surface area contributed by atoms with E-state index in [0.717, 1.165) is 12.8 Å². The number of hydrogen-bond acceptors (Lipinski definition) is 2. The van der Waals surface area contributed by atoms with Crippen LogP contribution in [0.1, 0.15) is 54.4 Å². The molecule has 1 fully saturated rings. The topological polar surface area (TPSA) is 26.3 Å². The summed E-state index contributed by atoms with van der Waals surface area (Å²) in [4.78, 5) is 0. The van der Waals surface area contributed by atoms with E-state index in [0.29, 0.717) is 0 Å². The molecule has 89 valence electrons. The molecule has 1 saturated heterocycles. The first-order valence-corrected chi connectivity index (χ1v) is 5.31. The Morgan fingerprint density at radius 3 is 1.53 bits per heavy atom. The van der Waals surface area contributed by atoms with E-state index in [9.17, 15) is 5.21 Å². The van der Waals surface area contributed by atoms with Crippen LogP contribution in [-0.2, 0) is 32.7 Å². The Balaban J connectivity index is 0. The van der Waals surface area contributed by atoms with Crippen LogP contribution in [0.15, 0.2) is 0 Å². The van der Waals surface area contributed by atoms with E-state index in [1.54, 1.807) is 0 Å². The monoisotopic (exact) mass is 287 g/mol. The van der Waals surface area contributed by atoms with Gasteiger partial charge in [0.15, 0.2) is 0 Å². The van der Waals surface area contributed by atoms with Gasteiger partial charge < -0.3 is 23.1 Å². The number of rotatable bonds is 0. The van der Waals surface area contributed by atoms with Gasteiger partial charge >= 0.3 is 0 Å². The zero-order chi connectivity index (χ0) is 11.4. The molecule has 15 heavy (non-hydrogen) atoms. The van der Waals surface area contributed by atoms with Crippen molar-refractivity contribution in [3.8, 4) is 0 Å². The quantitative estimate of drug-likeness (QED) is 0.637. The van der Waals surface area contributed by atoms with E-state index in [2.05, 4.69) is 6.42 Å². The van der Waals surface area contributed by atoms with E-state index >= 15 is 0 Å². The summed E-state index contributed by atoms with van der Waals surface area (Å²) in [5.74, 6) is 0. The second kappa shape index (κ2) is 7.37. The van der Waals surface area contributed by atoms with Gasteiger partial charge in [0.2, 0.25) is 0 Å². The normalized spacial score (nSPS) is 23.4. The Hall–Kier alpha value is 1.02. The molecule has 3 heteroatoms. The molecular formula is C12H24NOY-3. The van der Waals surface area contributed by atoms with Gasteiger partial charge in [0.05, 0.1) is 0 Å². The van der Waals surface area contributed by atoms with E-state index in [1.807, 2.05) is 48.0 Å². The molecule has 1 radical (unpaired) electrons. The van der Waals surface area contributed by atoms with Gasteiger partial charge in [-0.15, -0.1) is 0 Å². The molecule has 1 heterocycles. The molecule has 0 saturated carbocycles. The Bertz CT molecular complexity index is 153. The molecule has 0 aromatic carbocycles. The minimum absolute atomic E-state index is 0. The summed E-state index contributed by atoms with van der Waals surface area (Å²) in [5, 5.41) is 12.9. The number of piperidine rings is 1. The second-order valence-electron chi connectivity index (χ2n) is 5.19. The molecule has 0 aliphatic carbocycles. The minimum Gasteiger partial charge on any atom is -0.785 e. The summed E-state index contributed by atoms with van der Waals surface area (Å²) in [6.07, 6.45) is 6.02. The van der Waals surface area contributed by atoms with Gasteiger partial charge in [-0.3, -0.25) is 0 Å². The summed E-state index contributed by atoms with van der Waals surface area (Å²) in [7, 11) is 0. The van der Waals surface area contributed by atoms with E-state index in [1.165, 1.54) is 5.06 Å². The Morgan fingerprint density at radius 1 is 1.07 bits per heavy atom. The van der Waals surface area contributed by atoms with Gasteiger partial charge in [0, 0.05) is 32.7 Å². The predicted octanol–water partition coefficient (Wildman–Crippen LogP) is 3.57. The zero-order valence-corrected chi connectivity index (χ0v) is 13.8. The van der Waals surface area contributed by atoms with Crippen LogP contribution in [-0.4, -0.2) is 16.1 Å². The molecule has 0 spiro atoms. The first-order chi connectivity index (χ1) is 6.28. The molecule has 1 aliphatic heterocycles. The van der Waals surface area contributed by atoms with E-state index in [4.69, 9.17) is 0 Å². The van der Waals surface area contributed by atoms with Crippen molar-refractivity contribution in [1.82, 2.24) is 5.06 Å². The zero-order valence-electron chi connectivity index (χ0n) is 11.0. The fraction of sp³-hybridized carbons (Fsp3) is 0.833. The maximum Gasteiger partial charge on any atom is 0 e. The number of hydrogen-bond donors (Lipinski definition) is 0. The van der Waals surface area contributed by atoms with Gasteiger partial charge in [0.25, 0.3) is 0 Å². The summed E-state index contributed by atoms with van der Waals surface area (Å²) in [6, 6.07) is 0. The largest absolute Gasteiger partial charge is 0.785 e. The average Bonchev–Trinajstić information content (AvgIpc) is 2.01. The molecule has 0 bridgehead atoms. The molecule has 0 amide bonds. The van der Waals surface area contributed by atoms with Crippen LogP contribution in [0, 0.1) is 18.0 Å². The maximum atomic E-state index is 11.7. The van der Waals surface area contributed by atoms with Crippen molar-refractivity contribution in [2.75, 3.05) is 0 Å². The van der Waals surface area contributed by atoms with Gasteiger partial charge in [0.1, 0.15) is 0 Å². The minimum atomic E-state index is -0.207. The second-order valence-corrected chi connectivity index (χ2v) is 5.19. The molecular weight excluding hydrogens is 263 g/mol. The van der Waals surface area contributed by atoms with E-state index in [-0.39, 0.29) is 43.8 Å². The van der Waals surface area contributed by atoms with Crippen molar-refractivity contribution in [2.24, 2.45) is 0 Å². The van der Waals surface area contributed by atoms with Crippen LogP contribution in [0.2, 0.25) is 0 Å². The molecule has 0 unspecified atom stereocenters. The van der Waals surface area contributed by atoms with Crippen molar-refractivity contribution in [3.05, 3.63) is 18.0 Å². The smallest absolute Gasteiger partial charge is 0 e. The molecule has 0 aromatic rings. The van der Waals surface area contributed by atoms with Crippen molar-refractivity contribution in [1.29, 1.82) is 0 Å². The number of hydroxylamine groups is 2. The van der Waals surface area contributed by atoms with Crippen LogP contribution in [0.3, 0.4) is 0 Å². The van der Waals surface area contributed by atoms with Crippen molar-refractivity contribution >= 4 is 0 Å². The third-order valence-electron chi connectivity index (χ3n) is 2.39. The maximum absolute atomic E-state index is 11.7. The molecule has 0 aromatic heterocycles. The van der Waals surface area contributed by atoms with Crippen molar-refractivity contribution in [3.63, 3.8) is 0 Å². The predicted molar refractivity (Wildman–Crippen MR) is 62.5 cm³/mol. The van der Waals surface area contributed by atoms with Gasteiger partial charge in [-0.05, 0) is 11.1 Å². The van der Waals surface area contributed by atoms with Gasteiger partial charge in [-0.2, -0.15) is 26.7 Å². The fourth-order valence-electron chi connectivity index (χ4n) is 1.76. The van der Waals surface area contributed by atoms with Crippen molar-refractivity contribution < 1.29 is 32.7 Å². The van der Waals surface area contributed by atoms with E-state index < -0.39 is 0 Å². The summed E-state index contributed by atoms with van der Waals surface area (Å²) < 4.78 is 0. The third kappa shape index (κ3) is 5.77. The first kappa shape index (κ1) is 18.4. The van der Waals surface area contributed by atoms with Crippen LogP contribution < -0.4 is 0 Å². The van der Waals surface area contributed by atoms with Gasteiger partial charge in [-0.1, -0.05) is 27.7 Å². The van der Waals surface area contributed by atoms with Crippen LogP contribution in [0.5, 0.6) is 0 Å². The molecule has 0 atom stereocenters. The SMILES string of the molecule is CC1(C)C[CH-]CC(C)(C)N1[O-].C[CH-]C.[Y]. The van der Waals surface area contributed by atoms with Crippen molar-refractivity contribution in [2.45, 2.75) is 65.5 Å². The van der Waals surface area contributed by atoms with Crippen LogP contribution >= 0.6 is 0 Å². The van der Waals surface area contributed by atoms with Gasteiger partial charge in [-0.25, -0.2) is 0 Å². The first-order valence-electron chi connectivity index (χ1n) is 5.31. The standard InChI is InChI=1S/C9H17NO.C3H7.Y/c1-8(2)6-5-7-9(3,4)10(8)11;1-3-2;/h5H,6-7H2,1-4H3;3H,1-2H3;/q-2;-1;. The number of nitrogens with zero attached hydrogens (tertiary/aromatic N) is 1. The Labute approximate surface area is 121 Å². The Morgan fingerprint density at radius 2 is 1.33 bits per heavy atom. The average molecular weight is 287 g/mol. The summed E-state index contributed by atoms with van der Waals surface area (Å²) >= 11 is 0. The summed E-state index contributed by atoms with van der Waals surface area (Å²) in [5.41, 5.74) is -0.413.